The number of nitrogens with zero attached hydrogens (tertiary/aromatic N) is 1. The van der Waals surface area contributed by atoms with E-state index in [9.17, 15) is 5.11 Å². The zero-order valence-electron chi connectivity index (χ0n) is 19.1. The van der Waals surface area contributed by atoms with Gasteiger partial charge in [-0.1, -0.05) is 72.8 Å². The highest BCUT2D eigenvalue weighted by Gasteiger charge is 2.60. The molecule has 3 fully saturated rings. The fraction of sp³-hybridized carbons (Fsp3) is 0.379. The van der Waals surface area contributed by atoms with Crippen LogP contribution in [0.25, 0.3) is 0 Å². The fourth-order valence-corrected chi connectivity index (χ4v) is 6.62. The van der Waals surface area contributed by atoms with Gasteiger partial charge in [-0.05, 0) is 39.2 Å². The van der Waals surface area contributed by atoms with Gasteiger partial charge in [-0.15, -0.1) is 0 Å². The van der Waals surface area contributed by atoms with E-state index in [1.54, 1.807) is 0 Å². The van der Waals surface area contributed by atoms with Crippen LogP contribution in [-0.2, 0) is 5.60 Å². The van der Waals surface area contributed by atoms with Crippen LogP contribution in [0.1, 0.15) is 36.8 Å². The molecule has 0 radical (unpaired) electrons. The molecule has 3 aromatic carbocycles. The van der Waals surface area contributed by atoms with Crippen LogP contribution in [0.3, 0.4) is 0 Å². The maximum absolute atomic E-state index is 12.5. The lowest BCUT2D eigenvalue weighted by atomic mass is 9.56. The molecule has 0 aliphatic carbocycles. The molecule has 3 nitrogen and oxygen atoms in total. The first-order chi connectivity index (χ1) is 16.1. The van der Waals surface area contributed by atoms with Crippen molar-refractivity contribution >= 4 is 15.9 Å². The van der Waals surface area contributed by atoms with Gasteiger partial charge in [0.15, 0.2) is 0 Å². The van der Waals surface area contributed by atoms with Crippen LogP contribution >= 0.6 is 15.9 Å². The molecule has 1 N–H and O–H groups in total. The Kier molecular flexibility index (Phi) is 6.34. The van der Waals surface area contributed by atoms with Crippen molar-refractivity contribution < 1.29 is 14.3 Å². The Labute approximate surface area is 205 Å². The molecule has 0 unspecified atom stereocenters. The van der Waals surface area contributed by atoms with E-state index >= 15 is 0 Å². The molecule has 0 spiro atoms. The van der Waals surface area contributed by atoms with E-state index in [2.05, 4.69) is 64.5 Å². The van der Waals surface area contributed by atoms with Crippen LogP contribution < -0.4 is 4.74 Å². The summed E-state index contributed by atoms with van der Waals surface area (Å²) in [5.41, 5.74) is 0.996. The zero-order chi connectivity index (χ0) is 22.8. The second kappa shape index (κ2) is 9.25. The fourth-order valence-electron chi connectivity index (χ4n) is 6.22. The number of piperidine rings is 3. The SMILES string of the molecule is OC(c1ccccc1)(c1ccccc1)C12CC[N+](CCCOc3ccccc3Br)(CC1)CC2. The number of ether oxygens (including phenoxy) is 1. The average Bonchev–Trinajstić information content (AvgIpc) is 2.89. The Morgan fingerprint density at radius 2 is 1.30 bits per heavy atom. The second-order valence-electron chi connectivity index (χ2n) is 9.84. The van der Waals surface area contributed by atoms with Crippen molar-refractivity contribution in [1.82, 2.24) is 0 Å². The molecular weight excluding hydrogens is 474 g/mol. The first-order valence-corrected chi connectivity index (χ1v) is 12.9. The molecule has 2 bridgehead atoms. The lowest BCUT2D eigenvalue weighted by Crippen LogP contribution is -2.66. The monoisotopic (exact) mass is 506 g/mol. The van der Waals surface area contributed by atoms with Crippen molar-refractivity contribution in [3.8, 4) is 5.75 Å². The maximum atomic E-state index is 12.5. The molecule has 3 aromatic rings. The van der Waals surface area contributed by atoms with Gasteiger partial charge in [0, 0.05) is 31.1 Å². The lowest BCUT2D eigenvalue weighted by Gasteiger charge is -2.60. The molecule has 3 heterocycles. The predicted molar refractivity (Wildman–Crippen MR) is 136 cm³/mol. The number of quaternary nitrogens is 1. The Morgan fingerprint density at radius 3 is 1.85 bits per heavy atom. The van der Waals surface area contributed by atoms with Crippen molar-refractivity contribution in [2.45, 2.75) is 31.3 Å². The summed E-state index contributed by atoms with van der Waals surface area (Å²) in [5.74, 6) is 0.921. The van der Waals surface area contributed by atoms with Crippen molar-refractivity contribution in [2.75, 3.05) is 32.8 Å². The number of hydrogen-bond acceptors (Lipinski definition) is 2. The van der Waals surface area contributed by atoms with Crippen molar-refractivity contribution in [3.05, 3.63) is 101 Å². The normalized spacial score (nSPS) is 24.5. The molecule has 172 valence electrons. The summed E-state index contributed by atoms with van der Waals surface area (Å²) in [6, 6.07) is 28.7. The van der Waals surface area contributed by atoms with Gasteiger partial charge in [0.1, 0.15) is 11.4 Å². The molecule has 3 saturated heterocycles. The molecule has 3 aliphatic rings. The molecule has 0 amide bonds. The third-order valence-electron chi connectivity index (χ3n) is 8.22. The van der Waals surface area contributed by atoms with E-state index in [0.29, 0.717) is 0 Å². The van der Waals surface area contributed by atoms with Gasteiger partial charge in [-0.3, -0.25) is 0 Å². The topological polar surface area (TPSA) is 29.5 Å². The van der Waals surface area contributed by atoms with Crippen LogP contribution in [-0.4, -0.2) is 42.4 Å². The molecule has 0 saturated carbocycles. The highest BCUT2D eigenvalue weighted by atomic mass is 79.9. The minimum Gasteiger partial charge on any atom is -0.492 e. The smallest absolute Gasteiger partial charge is 0.133 e. The Balaban J connectivity index is 1.30. The third kappa shape index (κ3) is 4.14. The van der Waals surface area contributed by atoms with Gasteiger partial charge in [0.25, 0.3) is 0 Å². The minimum absolute atomic E-state index is 0.110. The van der Waals surface area contributed by atoms with Crippen LogP contribution in [0.15, 0.2) is 89.4 Å². The van der Waals surface area contributed by atoms with Gasteiger partial charge >= 0.3 is 0 Å². The number of fused-ring (bicyclic) bond motifs is 3. The summed E-state index contributed by atoms with van der Waals surface area (Å²) >= 11 is 3.57. The Morgan fingerprint density at radius 1 is 0.788 bits per heavy atom. The minimum atomic E-state index is -0.950. The largest absolute Gasteiger partial charge is 0.492 e. The van der Waals surface area contributed by atoms with Gasteiger partial charge in [0.05, 0.1) is 37.3 Å². The van der Waals surface area contributed by atoms with Crippen LogP contribution in [0.2, 0.25) is 0 Å². The summed E-state index contributed by atoms with van der Waals surface area (Å²) < 4.78 is 8.20. The highest BCUT2D eigenvalue weighted by Crippen LogP contribution is 2.57. The number of aliphatic hydroxyl groups is 1. The second-order valence-corrected chi connectivity index (χ2v) is 10.7. The summed E-state index contributed by atoms with van der Waals surface area (Å²) in [6.45, 7) is 5.30. The summed E-state index contributed by atoms with van der Waals surface area (Å²) in [7, 11) is 0. The maximum Gasteiger partial charge on any atom is 0.133 e. The first-order valence-electron chi connectivity index (χ1n) is 12.1. The van der Waals surface area contributed by atoms with E-state index in [0.717, 1.165) is 79.8 Å². The summed E-state index contributed by atoms with van der Waals surface area (Å²) in [6.07, 6.45) is 4.21. The van der Waals surface area contributed by atoms with E-state index in [1.807, 2.05) is 36.4 Å². The molecule has 3 aliphatic heterocycles. The molecular formula is C29H33BrNO2+. The van der Waals surface area contributed by atoms with Crippen LogP contribution in [0, 0.1) is 5.41 Å². The standard InChI is InChI=1S/C29H33BrNO2/c30-26-14-7-8-15-27(26)33-23-9-19-31-20-16-28(17-21-31,18-22-31)29(32,24-10-3-1-4-11-24)25-12-5-2-6-13-25/h1-8,10-15,32H,9,16-23H2/q+1. The molecule has 0 aromatic heterocycles. The van der Waals surface area contributed by atoms with E-state index in [-0.39, 0.29) is 5.41 Å². The van der Waals surface area contributed by atoms with E-state index < -0.39 is 5.60 Å². The van der Waals surface area contributed by atoms with Gasteiger partial charge < -0.3 is 14.3 Å². The molecule has 4 heteroatoms. The predicted octanol–water partition coefficient (Wildman–Crippen LogP) is 6.15. The number of para-hydroxylation sites is 1. The Hall–Kier alpha value is -2.14. The van der Waals surface area contributed by atoms with Crippen LogP contribution in [0.4, 0.5) is 0 Å². The lowest BCUT2D eigenvalue weighted by molar-refractivity contribution is -0.946. The van der Waals surface area contributed by atoms with Crippen molar-refractivity contribution in [3.63, 3.8) is 0 Å². The molecule has 6 rings (SSSR count). The van der Waals surface area contributed by atoms with Crippen molar-refractivity contribution in [2.24, 2.45) is 5.41 Å². The van der Waals surface area contributed by atoms with Gasteiger partial charge in [-0.2, -0.15) is 0 Å². The van der Waals surface area contributed by atoms with Crippen LogP contribution in [0.5, 0.6) is 5.75 Å². The van der Waals surface area contributed by atoms with E-state index in [1.165, 1.54) is 4.48 Å². The summed E-state index contributed by atoms with van der Waals surface area (Å²) in [5, 5.41) is 12.5. The number of rotatable bonds is 8. The highest BCUT2D eigenvalue weighted by molar-refractivity contribution is 9.10. The van der Waals surface area contributed by atoms with Gasteiger partial charge in [-0.25, -0.2) is 0 Å². The quantitative estimate of drug-likeness (QED) is 0.293. The average molecular weight is 507 g/mol. The zero-order valence-corrected chi connectivity index (χ0v) is 20.7. The van der Waals surface area contributed by atoms with E-state index in [4.69, 9.17) is 4.74 Å². The number of hydrogen-bond donors (Lipinski definition) is 1. The first kappa shape index (κ1) is 22.6. The Bertz CT molecular complexity index is 1010. The number of benzene rings is 3. The number of halogens is 1. The molecule has 33 heavy (non-hydrogen) atoms. The summed E-state index contributed by atoms with van der Waals surface area (Å²) in [4.78, 5) is 0. The van der Waals surface area contributed by atoms with Gasteiger partial charge in [0.2, 0.25) is 0 Å². The molecule has 0 atom stereocenters. The third-order valence-corrected chi connectivity index (χ3v) is 8.87. The van der Waals surface area contributed by atoms with Crippen molar-refractivity contribution in [1.29, 1.82) is 0 Å².